The molecule has 5 rings (SSSR count). The van der Waals surface area contributed by atoms with Crippen molar-refractivity contribution in [3.63, 3.8) is 0 Å². The molecule has 32 heavy (non-hydrogen) atoms. The molecular weight excluding hydrogens is 435 g/mol. The van der Waals surface area contributed by atoms with Gasteiger partial charge in [-0.1, -0.05) is 35.9 Å². The Bertz CT molecular complexity index is 1170. The summed E-state index contributed by atoms with van der Waals surface area (Å²) in [7, 11) is 1.50. The van der Waals surface area contributed by atoms with Crippen LogP contribution >= 0.6 is 11.6 Å². The molecule has 6 nitrogen and oxygen atoms in total. The fraction of sp³-hybridized carbons (Fsp3) is 0.292. The van der Waals surface area contributed by atoms with E-state index >= 15 is 0 Å². The molecule has 3 heterocycles. The Morgan fingerprint density at radius 2 is 1.88 bits per heavy atom. The molecule has 2 aromatic carbocycles. The van der Waals surface area contributed by atoms with E-state index in [2.05, 4.69) is 0 Å². The summed E-state index contributed by atoms with van der Waals surface area (Å²) in [5, 5.41) is 0.275. The zero-order valence-electron chi connectivity index (χ0n) is 17.2. The van der Waals surface area contributed by atoms with Gasteiger partial charge in [0, 0.05) is 23.9 Å². The third kappa shape index (κ3) is 2.99. The highest BCUT2D eigenvalue weighted by molar-refractivity contribution is 6.34. The van der Waals surface area contributed by atoms with Gasteiger partial charge in [-0.25, -0.2) is 4.39 Å². The lowest BCUT2D eigenvalue weighted by Crippen LogP contribution is -2.49. The van der Waals surface area contributed by atoms with Gasteiger partial charge in [0.25, 0.3) is 0 Å². The Morgan fingerprint density at radius 3 is 2.62 bits per heavy atom. The van der Waals surface area contributed by atoms with Crippen molar-refractivity contribution in [1.82, 2.24) is 4.90 Å². The van der Waals surface area contributed by atoms with Crippen LogP contribution in [0.15, 0.2) is 48.5 Å². The van der Waals surface area contributed by atoms with Crippen LogP contribution in [0.4, 0.5) is 10.1 Å². The van der Waals surface area contributed by atoms with Crippen LogP contribution in [0.3, 0.4) is 0 Å². The van der Waals surface area contributed by atoms with Gasteiger partial charge in [0.05, 0.1) is 36.1 Å². The highest BCUT2D eigenvalue weighted by Crippen LogP contribution is 2.49. The van der Waals surface area contributed by atoms with Gasteiger partial charge in [0.2, 0.25) is 11.8 Å². The number of anilines is 1. The smallest absolute Gasteiger partial charge is 0.235 e. The van der Waals surface area contributed by atoms with E-state index in [1.165, 1.54) is 24.1 Å². The fourth-order valence-corrected chi connectivity index (χ4v) is 5.36. The molecule has 4 atom stereocenters. The first-order valence-electron chi connectivity index (χ1n) is 10.3. The number of carbonyl (C=O) groups is 3. The Labute approximate surface area is 189 Å². The number of ketones is 1. The van der Waals surface area contributed by atoms with Gasteiger partial charge in [-0.3, -0.25) is 19.3 Å². The van der Waals surface area contributed by atoms with Crippen LogP contribution in [0.1, 0.15) is 15.9 Å². The number of Topliss-reactive ketones (excluding diaryl/α,β-unsaturated/α-hetero) is 1. The van der Waals surface area contributed by atoms with Crippen LogP contribution < -0.4 is 4.90 Å². The molecule has 0 bridgehead atoms. The second kappa shape index (κ2) is 7.83. The van der Waals surface area contributed by atoms with Crippen molar-refractivity contribution in [3.8, 4) is 0 Å². The van der Waals surface area contributed by atoms with Crippen molar-refractivity contribution < 1.29 is 23.5 Å². The van der Waals surface area contributed by atoms with Crippen LogP contribution in [0.2, 0.25) is 5.02 Å². The van der Waals surface area contributed by atoms with Gasteiger partial charge >= 0.3 is 0 Å². The maximum absolute atomic E-state index is 13.9. The summed E-state index contributed by atoms with van der Waals surface area (Å²) in [4.78, 5) is 43.5. The quantitative estimate of drug-likeness (QED) is 0.512. The molecule has 0 saturated carbocycles. The van der Waals surface area contributed by atoms with Crippen molar-refractivity contribution in [2.45, 2.75) is 12.1 Å². The van der Waals surface area contributed by atoms with Crippen LogP contribution in [0.25, 0.3) is 6.08 Å². The molecule has 2 saturated heterocycles. The maximum atomic E-state index is 13.9. The molecule has 2 fully saturated rings. The monoisotopic (exact) mass is 454 g/mol. The standard InChI is InChI=1S/C24H20ClFN2O4/c1-32-11-10-27-23(30)19-18-8-6-13-12-14(26)7-9-17(13)28(18)21(20(19)24(27)31)22(29)15-4-2-3-5-16(15)25/h2-9,12,18-21H,10-11H2,1H3/t18-,19-,20-,21+/m0/s1. The molecule has 0 N–H and O–H groups in total. The number of methoxy groups -OCH3 is 1. The highest BCUT2D eigenvalue weighted by atomic mass is 35.5. The van der Waals surface area contributed by atoms with E-state index in [4.69, 9.17) is 16.3 Å². The van der Waals surface area contributed by atoms with E-state index in [0.717, 1.165) is 0 Å². The minimum absolute atomic E-state index is 0.131. The zero-order valence-corrected chi connectivity index (χ0v) is 18.0. The molecule has 2 amide bonds. The molecule has 2 aromatic rings. The lowest BCUT2D eigenvalue weighted by atomic mass is 9.86. The molecule has 0 aromatic heterocycles. The molecule has 3 aliphatic heterocycles. The number of carbonyl (C=O) groups excluding carboxylic acids is 3. The number of nitrogens with zero attached hydrogens (tertiary/aromatic N) is 2. The van der Waals surface area contributed by atoms with Crippen LogP contribution in [-0.2, 0) is 14.3 Å². The summed E-state index contributed by atoms with van der Waals surface area (Å²) in [6.45, 7) is 0.346. The zero-order chi connectivity index (χ0) is 22.6. The van der Waals surface area contributed by atoms with Crippen molar-refractivity contribution in [1.29, 1.82) is 0 Å². The number of benzene rings is 2. The van der Waals surface area contributed by atoms with E-state index in [1.54, 1.807) is 47.4 Å². The van der Waals surface area contributed by atoms with Crippen molar-refractivity contribution >= 4 is 41.0 Å². The molecule has 164 valence electrons. The third-order valence-corrected chi connectivity index (χ3v) is 6.82. The lowest BCUT2D eigenvalue weighted by Gasteiger charge is -2.36. The predicted octanol–water partition coefficient (Wildman–Crippen LogP) is 3.19. The minimum atomic E-state index is -0.942. The Morgan fingerprint density at radius 1 is 1.12 bits per heavy atom. The number of fused-ring (bicyclic) bond motifs is 5. The lowest BCUT2D eigenvalue weighted by molar-refractivity contribution is -0.141. The summed E-state index contributed by atoms with van der Waals surface area (Å²) in [6, 6.07) is 9.49. The van der Waals surface area contributed by atoms with Gasteiger partial charge in [0.15, 0.2) is 5.78 Å². The van der Waals surface area contributed by atoms with Crippen LogP contribution in [0.5, 0.6) is 0 Å². The van der Waals surface area contributed by atoms with Gasteiger partial charge < -0.3 is 9.64 Å². The molecule has 0 unspecified atom stereocenters. The van der Waals surface area contributed by atoms with E-state index < -0.39 is 35.6 Å². The summed E-state index contributed by atoms with van der Waals surface area (Å²) >= 11 is 6.32. The number of halogens is 2. The first-order chi connectivity index (χ1) is 15.4. The summed E-state index contributed by atoms with van der Waals surface area (Å²) in [6.07, 6.45) is 3.53. The average molecular weight is 455 g/mol. The van der Waals surface area contributed by atoms with E-state index in [0.29, 0.717) is 11.3 Å². The maximum Gasteiger partial charge on any atom is 0.235 e. The number of hydrogen-bond acceptors (Lipinski definition) is 5. The summed E-state index contributed by atoms with van der Waals surface area (Å²) in [5.41, 5.74) is 1.49. The van der Waals surface area contributed by atoms with Gasteiger partial charge in [0.1, 0.15) is 11.9 Å². The second-order valence-electron chi connectivity index (χ2n) is 8.12. The minimum Gasteiger partial charge on any atom is -0.383 e. The normalized spacial score (nSPS) is 25.7. The summed E-state index contributed by atoms with van der Waals surface area (Å²) < 4.78 is 18.9. The molecule has 3 aliphatic rings. The molecule has 0 radical (unpaired) electrons. The van der Waals surface area contributed by atoms with Crippen molar-refractivity contribution in [2.75, 3.05) is 25.2 Å². The highest BCUT2D eigenvalue weighted by Gasteiger charge is 2.63. The van der Waals surface area contributed by atoms with Gasteiger partial charge in [-0.2, -0.15) is 0 Å². The topological polar surface area (TPSA) is 66.9 Å². The SMILES string of the molecule is COCCN1C(=O)[C@@H]2[C@H](C1=O)[C@H](C(=O)c1ccccc1Cl)N1c3ccc(F)cc3C=C[C@@H]21. The Balaban J connectivity index is 1.64. The third-order valence-electron chi connectivity index (χ3n) is 6.49. The number of hydrogen-bond donors (Lipinski definition) is 0. The number of likely N-dealkylation sites (tertiary alicyclic amines) is 1. The van der Waals surface area contributed by atoms with E-state index in [1.807, 2.05) is 0 Å². The molecule has 0 aliphatic carbocycles. The van der Waals surface area contributed by atoms with E-state index in [9.17, 15) is 18.8 Å². The molecular formula is C24H20ClFN2O4. The van der Waals surface area contributed by atoms with E-state index in [-0.39, 0.29) is 35.4 Å². The van der Waals surface area contributed by atoms with Crippen LogP contribution in [-0.4, -0.2) is 54.8 Å². The first-order valence-corrected chi connectivity index (χ1v) is 10.7. The largest absolute Gasteiger partial charge is 0.383 e. The number of ether oxygens (including phenoxy) is 1. The predicted molar refractivity (Wildman–Crippen MR) is 117 cm³/mol. The van der Waals surface area contributed by atoms with Crippen molar-refractivity contribution in [3.05, 3.63) is 70.5 Å². The number of rotatable bonds is 5. The average Bonchev–Trinajstić information content (AvgIpc) is 3.25. The summed E-state index contributed by atoms with van der Waals surface area (Å²) in [5.74, 6) is -3.05. The second-order valence-corrected chi connectivity index (χ2v) is 8.53. The Kier molecular flexibility index (Phi) is 5.10. The number of imide groups is 1. The molecule has 0 spiro atoms. The fourth-order valence-electron chi connectivity index (χ4n) is 5.13. The van der Waals surface area contributed by atoms with Crippen molar-refractivity contribution in [2.24, 2.45) is 11.8 Å². The van der Waals surface area contributed by atoms with Gasteiger partial charge in [-0.15, -0.1) is 0 Å². The molecule has 8 heteroatoms. The van der Waals surface area contributed by atoms with Crippen LogP contribution in [0, 0.1) is 17.7 Å². The Hall–Kier alpha value is -3.03. The first kappa shape index (κ1) is 20.8. The van der Waals surface area contributed by atoms with Gasteiger partial charge in [-0.05, 0) is 30.3 Å². The number of amides is 2.